The smallest absolute Gasteiger partial charge is 0.331 e. The summed E-state index contributed by atoms with van der Waals surface area (Å²) in [4.78, 5) is 25.1. The van der Waals surface area contributed by atoms with Gasteiger partial charge in [0.1, 0.15) is 0 Å². The zero-order valence-corrected chi connectivity index (χ0v) is 12.6. The van der Waals surface area contributed by atoms with Gasteiger partial charge in [0, 0.05) is 25.2 Å². The molecule has 0 aromatic heterocycles. The van der Waals surface area contributed by atoms with E-state index in [4.69, 9.17) is 0 Å². The highest BCUT2D eigenvalue weighted by atomic mass is 16.4. The highest BCUT2D eigenvalue weighted by molar-refractivity contribution is 5.79. The van der Waals surface area contributed by atoms with Gasteiger partial charge in [-0.25, -0.2) is 9.80 Å². The number of urea groups is 1. The lowest BCUT2D eigenvalue weighted by Crippen LogP contribution is -2.57. The van der Waals surface area contributed by atoms with Gasteiger partial charge in [-0.05, 0) is 40.0 Å². The van der Waals surface area contributed by atoms with Crippen LogP contribution in [0.4, 0.5) is 4.79 Å². The van der Waals surface area contributed by atoms with Gasteiger partial charge < -0.3 is 10.0 Å². The molecule has 6 nitrogen and oxygen atoms in total. The van der Waals surface area contributed by atoms with Crippen LogP contribution in [0.2, 0.25) is 0 Å². The summed E-state index contributed by atoms with van der Waals surface area (Å²) >= 11 is 0. The Kier molecular flexibility index (Phi) is 4.22. The van der Waals surface area contributed by atoms with E-state index in [1.54, 1.807) is 11.8 Å². The second-order valence-corrected chi connectivity index (χ2v) is 6.49. The molecule has 0 spiro atoms. The fourth-order valence-electron chi connectivity index (χ4n) is 3.13. The number of piperidine rings is 1. The van der Waals surface area contributed by atoms with Gasteiger partial charge in [-0.3, -0.25) is 10.2 Å². The molecule has 2 fully saturated rings. The maximum Gasteiger partial charge on any atom is 0.331 e. The highest BCUT2D eigenvalue weighted by Crippen LogP contribution is 2.30. The minimum absolute atomic E-state index is 0.171. The van der Waals surface area contributed by atoms with Crippen molar-refractivity contribution in [3.63, 3.8) is 0 Å². The summed E-state index contributed by atoms with van der Waals surface area (Å²) in [6, 6.07) is 0.489. The van der Waals surface area contributed by atoms with E-state index in [0.29, 0.717) is 25.0 Å². The molecule has 2 rings (SSSR count). The Morgan fingerprint density at radius 2 is 1.85 bits per heavy atom. The van der Waals surface area contributed by atoms with Gasteiger partial charge in [0.15, 0.2) is 0 Å². The van der Waals surface area contributed by atoms with Crippen molar-refractivity contribution in [2.45, 2.75) is 58.5 Å². The number of nitrogens with one attached hydrogen (secondary N) is 1. The van der Waals surface area contributed by atoms with Crippen LogP contribution in [0.15, 0.2) is 0 Å². The van der Waals surface area contributed by atoms with Crippen LogP contribution in [0.25, 0.3) is 0 Å². The molecule has 2 aliphatic rings. The van der Waals surface area contributed by atoms with E-state index in [-0.39, 0.29) is 12.6 Å². The van der Waals surface area contributed by atoms with Crippen molar-refractivity contribution < 1.29 is 14.7 Å². The lowest BCUT2D eigenvalue weighted by Gasteiger charge is -2.39. The minimum atomic E-state index is -0.826. The standard InChI is InChI=1S/C14H25N3O3/c1-10-5-4-6-11(2)17(10)15-13(20)16-8-7-14(3,9-16)12(18)19/h10-11H,4-9H2,1-3H3,(H,15,20)(H,18,19). The van der Waals surface area contributed by atoms with Crippen LogP contribution in [0.1, 0.15) is 46.5 Å². The predicted molar refractivity (Wildman–Crippen MR) is 75.1 cm³/mol. The fourth-order valence-corrected chi connectivity index (χ4v) is 3.13. The maximum atomic E-state index is 12.3. The molecular formula is C14H25N3O3. The molecule has 3 unspecified atom stereocenters. The van der Waals surface area contributed by atoms with Crippen molar-refractivity contribution in [2.75, 3.05) is 13.1 Å². The molecule has 0 radical (unpaired) electrons. The van der Waals surface area contributed by atoms with E-state index in [9.17, 15) is 14.7 Å². The molecule has 2 amide bonds. The van der Waals surface area contributed by atoms with E-state index in [2.05, 4.69) is 19.3 Å². The van der Waals surface area contributed by atoms with Gasteiger partial charge in [-0.2, -0.15) is 0 Å². The van der Waals surface area contributed by atoms with E-state index in [1.165, 1.54) is 6.42 Å². The molecule has 2 aliphatic heterocycles. The van der Waals surface area contributed by atoms with Crippen LogP contribution in [0.5, 0.6) is 0 Å². The summed E-state index contributed by atoms with van der Waals surface area (Å²) in [7, 11) is 0. The first kappa shape index (κ1) is 15.1. The molecule has 114 valence electrons. The topological polar surface area (TPSA) is 72.9 Å². The van der Waals surface area contributed by atoms with Crippen molar-refractivity contribution in [3.05, 3.63) is 0 Å². The quantitative estimate of drug-likeness (QED) is 0.808. The Balaban J connectivity index is 1.94. The first-order valence-corrected chi connectivity index (χ1v) is 7.41. The van der Waals surface area contributed by atoms with Gasteiger partial charge in [-0.1, -0.05) is 6.42 Å². The molecule has 0 aromatic rings. The lowest BCUT2D eigenvalue weighted by molar-refractivity contribution is -0.147. The molecular weight excluding hydrogens is 258 g/mol. The third-order valence-electron chi connectivity index (χ3n) is 4.70. The number of likely N-dealkylation sites (tertiary alicyclic amines) is 1. The number of carbonyl (C=O) groups excluding carboxylic acids is 1. The molecule has 2 saturated heterocycles. The van der Waals surface area contributed by atoms with Crippen molar-refractivity contribution in [3.8, 4) is 0 Å². The zero-order chi connectivity index (χ0) is 14.9. The normalized spacial score (nSPS) is 35.0. The van der Waals surface area contributed by atoms with Crippen molar-refractivity contribution in [1.82, 2.24) is 15.3 Å². The number of amides is 2. The number of carboxylic acid groups (broad SMARTS) is 1. The number of hydrogen-bond donors (Lipinski definition) is 2. The maximum absolute atomic E-state index is 12.3. The minimum Gasteiger partial charge on any atom is -0.481 e. The molecule has 0 aliphatic carbocycles. The van der Waals surface area contributed by atoms with E-state index < -0.39 is 11.4 Å². The van der Waals surface area contributed by atoms with Crippen molar-refractivity contribution >= 4 is 12.0 Å². The number of carbonyl (C=O) groups is 2. The molecule has 0 saturated carbocycles. The number of hydrazine groups is 1. The largest absolute Gasteiger partial charge is 0.481 e. The second-order valence-electron chi connectivity index (χ2n) is 6.49. The first-order valence-electron chi connectivity index (χ1n) is 7.41. The van der Waals surface area contributed by atoms with Gasteiger partial charge in [0.2, 0.25) is 0 Å². The average molecular weight is 283 g/mol. The van der Waals surface area contributed by atoms with Crippen LogP contribution in [0, 0.1) is 5.41 Å². The van der Waals surface area contributed by atoms with Crippen molar-refractivity contribution in [2.24, 2.45) is 5.41 Å². The van der Waals surface area contributed by atoms with Gasteiger partial charge in [-0.15, -0.1) is 0 Å². The number of hydrogen-bond acceptors (Lipinski definition) is 3. The van der Waals surface area contributed by atoms with Crippen molar-refractivity contribution in [1.29, 1.82) is 0 Å². The number of rotatable bonds is 2. The molecule has 3 atom stereocenters. The Labute approximate surface area is 120 Å². The number of aliphatic carboxylic acids is 1. The Morgan fingerprint density at radius 1 is 1.25 bits per heavy atom. The summed E-state index contributed by atoms with van der Waals surface area (Å²) < 4.78 is 0. The van der Waals surface area contributed by atoms with E-state index >= 15 is 0 Å². The SMILES string of the molecule is CC1CCCC(C)N1NC(=O)N1CCC(C)(C(=O)O)C1. The molecule has 20 heavy (non-hydrogen) atoms. The van der Waals surface area contributed by atoms with E-state index in [0.717, 1.165) is 12.8 Å². The van der Waals surface area contributed by atoms with Crippen LogP contribution in [0.3, 0.4) is 0 Å². The average Bonchev–Trinajstić information content (AvgIpc) is 2.78. The summed E-state index contributed by atoms with van der Waals surface area (Å²) in [6.07, 6.45) is 3.87. The van der Waals surface area contributed by atoms with Crippen LogP contribution < -0.4 is 5.43 Å². The van der Waals surface area contributed by atoms with Crippen LogP contribution in [-0.4, -0.2) is 52.2 Å². The molecule has 2 heterocycles. The molecule has 0 aromatic carbocycles. The fraction of sp³-hybridized carbons (Fsp3) is 0.857. The third-order valence-corrected chi connectivity index (χ3v) is 4.70. The molecule has 2 N–H and O–H groups in total. The number of carboxylic acids is 1. The predicted octanol–water partition coefficient (Wildman–Crippen LogP) is 1.67. The Bertz CT molecular complexity index is 391. The highest BCUT2D eigenvalue weighted by Gasteiger charge is 2.42. The summed E-state index contributed by atoms with van der Waals surface area (Å²) in [5, 5.41) is 11.2. The van der Waals surface area contributed by atoms with Crippen LogP contribution >= 0.6 is 0 Å². The second kappa shape index (κ2) is 5.60. The molecule has 0 bridgehead atoms. The Morgan fingerprint density at radius 3 is 2.35 bits per heavy atom. The zero-order valence-electron chi connectivity index (χ0n) is 12.6. The lowest BCUT2D eigenvalue weighted by atomic mass is 9.90. The van der Waals surface area contributed by atoms with Gasteiger partial charge in [0.25, 0.3) is 0 Å². The summed E-state index contributed by atoms with van der Waals surface area (Å²) in [5.74, 6) is -0.826. The summed E-state index contributed by atoms with van der Waals surface area (Å²) in [6.45, 7) is 6.72. The van der Waals surface area contributed by atoms with Crippen LogP contribution in [-0.2, 0) is 4.79 Å². The Hall–Kier alpha value is -1.30. The monoisotopic (exact) mass is 283 g/mol. The number of nitrogens with zero attached hydrogens (tertiary/aromatic N) is 2. The summed E-state index contributed by atoms with van der Waals surface area (Å²) in [5.41, 5.74) is 2.16. The third kappa shape index (κ3) is 2.90. The van der Waals surface area contributed by atoms with Gasteiger partial charge >= 0.3 is 12.0 Å². The van der Waals surface area contributed by atoms with E-state index in [1.807, 2.05) is 5.01 Å². The van der Waals surface area contributed by atoms with Gasteiger partial charge in [0.05, 0.1) is 5.41 Å². The first-order chi connectivity index (χ1) is 9.33. The molecule has 6 heteroatoms.